The predicted molar refractivity (Wildman–Crippen MR) is 114 cm³/mol. The van der Waals surface area contributed by atoms with Crippen LogP contribution in [0.2, 0.25) is 0 Å². The van der Waals surface area contributed by atoms with Crippen molar-refractivity contribution in [1.82, 2.24) is 20.2 Å². The number of hydrogen-bond acceptors (Lipinski definition) is 4. The standard InChI is InChI=1S/C21H17N5OS/c27-20-17-12-7-13-22-19(17)18(16-10-5-2-6-11-16)24-26(20)25-21(28)23-14-15-8-3-1-4-9-15/h1-13H,14H2,(H2,23,25,28). The molecule has 138 valence electrons. The molecule has 0 saturated carbocycles. The molecule has 28 heavy (non-hydrogen) atoms. The lowest BCUT2D eigenvalue weighted by Crippen LogP contribution is -2.40. The Hall–Kier alpha value is -3.58. The summed E-state index contributed by atoms with van der Waals surface area (Å²) in [4.78, 5) is 18.4. The SMILES string of the molecule is O=c1c2cccnc2c(-c2ccccc2)nn1NC(=S)NCc1ccccc1. The maximum Gasteiger partial charge on any atom is 0.295 e. The van der Waals surface area contributed by atoms with Crippen LogP contribution in [0, 0.1) is 0 Å². The van der Waals surface area contributed by atoms with Crippen LogP contribution in [-0.4, -0.2) is 20.0 Å². The predicted octanol–water partition coefficient (Wildman–Crippen LogP) is 3.08. The lowest BCUT2D eigenvalue weighted by molar-refractivity contribution is 0.753. The third-order valence-electron chi connectivity index (χ3n) is 4.21. The van der Waals surface area contributed by atoms with E-state index in [4.69, 9.17) is 12.2 Å². The van der Waals surface area contributed by atoms with Crippen molar-refractivity contribution in [3.63, 3.8) is 0 Å². The molecule has 4 rings (SSSR count). The Balaban J connectivity index is 1.66. The molecule has 0 aliphatic rings. The highest BCUT2D eigenvalue weighted by Gasteiger charge is 2.13. The van der Waals surface area contributed by atoms with E-state index in [2.05, 4.69) is 20.8 Å². The zero-order valence-electron chi connectivity index (χ0n) is 14.9. The molecule has 0 aliphatic carbocycles. The van der Waals surface area contributed by atoms with Crippen LogP contribution in [0.5, 0.6) is 0 Å². The van der Waals surface area contributed by atoms with Gasteiger partial charge < -0.3 is 5.32 Å². The van der Waals surface area contributed by atoms with Crippen LogP contribution in [0.15, 0.2) is 83.8 Å². The van der Waals surface area contributed by atoms with Gasteiger partial charge in [-0.25, -0.2) is 0 Å². The second-order valence-electron chi connectivity index (χ2n) is 6.11. The van der Waals surface area contributed by atoms with E-state index >= 15 is 0 Å². The van der Waals surface area contributed by atoms with Crippen LogP contribution in [0.1, 0.15) is 5.56 Å². The average molecular weight is 387 g/mol. The highest BCUT2D eigenvalue weighted by Crippen LogP contribution is 2.22. The lowest BCUT2D eigenvalue weighted by atomic mass is 10.1. The maximum absolute atomic E-state index is 12.8. The largest absolute Gasteiger partial charge is 0.357 e. The Labute approximate surface area is 166 Å². The summed E-state index contributed by atoms with van der Waals surface area (Å²) in [5.74, 6) is 0. The summed E-state index contributed by atoms with van der Waals surface area (Å²) in [6.45, 7) is 0.544. The second-order valence-corrected chi connectivity index (χ2v) is 6.52. The molecule has 0 fully saturated rings. The van der Waals surface area contributed by atoms with E-state index in [1.165, 1.54) is 0 Å². The van der Waals surface area contributed by atoms with Crippen LogP contribution < -0.4 is 16.3 Å². The fourth-order valence-electron chi connectivity index (χ4n) is 2.85. The monoisotopic (exact) mass is 387 g/mol. The minimum Gasteiger partial charge on any atom is -0.357 e. The number of aromatic nitrogens is 3. The number of benzene rings is 2. The number of rotatable bonds is 4. The highest BCUT2D eigenvalue weighted by atomic mass is 32.1. The fourth-order valence-corrected chi connectivity index (χ4v) is 3.01. The second kappa shape index (κ2) is 7.98. The van der Waals surface area contributed by atoms with Gasteiger partial charge in [0.1, 0.15) is 11.2 Å². The molecule has 6 nitrogen and oxygen atoms in total. The number of nitrogens with one attached hydrogen (secondary N) is 2. The summed E-state index contributed by atoms with van der Waals surface area (Å²) in [5.41, 5.74) is 5.66. The molecule has 0 radical (unpaired) electrons. The van der Waals surface area contributed by atoms with Crippen molar-refractivity contribution in [3.8, 4) is 11.3 Å². The van der Waals surface area contributed by atoms with Crippen molar-refractivity contribution in [2.75, 3.05) is 5.43 Å². The summed E-state index contributed by atoms with van der Waals surface area (Å²) in [6.07, 6.45) is 1.65. The molecule has 0 aliphatic heterocycles. The van der Waals surface area contributed by atoms with Crippen molar-refractivity contribution in [2.24, 2.45) is 0 Å². The Kier molecular flexibility index (Phi) is 5.07. The van der Waals surface area contributed by atoms with Crippen molar-refractivity contribution in [2.45, 2.75) is 6.54 Å². The van der Waals surface area contributed by atoms with E-state index in [0.29, 0.717) is 28.3 Å². The Bertz CT molecular complexity index is 1180. The zero-order valence-corrected chi connectivity index (χ0v) is 15.7. The minimum atomic E-state index is -0.313. The van der Waals surface area contributed by atoms with Gasteiger partial charge in [-0.2, -0.15) is 0 Å². The number of thiocarbonyl (C=S) groups is 1. The van der Waals surface area contributed by atoms with Crippen LogP contribution in [0.3, 0.4) is 0 Å². The summed E-state index contributed by atoms with van der Waals surface area (Å²) in [5, 5.41) is 8.33. The first-order chi connectivity index (χ1) is 13.7. The maximum atomic E-state index is 12.8. The Morgan fingerprint density at radius 1 is 0.964 bits per heavy atom. The van der Waals surface area contributed by atoms with E-state index in [-0.39, 0.29) is 5.56 Å². The van der Waals surface area contributed by atoms with Crippen LogP contribution in [0.25, 0.3) is 22.2 Å². The molecule has 2 heterocycles. The summed E-state index contributed by atoms with van der Waals surface area (Å²) >= 11 is 5.34. The molecule has 4 aromatic rings. The smallest absolute Gasteiger partial charge is 0.295 e. The van der Waals surface area contributed by atoms with E-state index in [0.717, 1.165) is 15.9 Å². The van der Waals surface area contributed by atoms with Gasteiger partial charge >= 0.3 is 0 Å². The number of hydrogen-bond donors (Lipinski definition) is 2. The third kappa shape index (κ3) is 3.74. The molecule has 2 N–H and O–H groups in total. The molecule has 2 aromatic carbocycles. The van der Waals surface area contributed by atoms with Crippen molar-refractivity contribution >= 4 is 28.2 Å². The molecule has 7 heteroatoms. The molecule has 0 saturated heterocycles. The highest BCUT2D eigenvalue weighted by molar-refractivity contribution is 7.80. The molecule has 0 bridgehead atoms. The van der Waals surface area contributed by atoms with Gasteiger partial charge in [-0.15, -0.1) is 9.89 Å². The van der Waals surface area contributed by atoms with Gasteiger partial charge in [0.05, 0.1) is 5.39 Å². The van der Waals surface area contributed by atoms with Gasteiger partial charge in [0, 0.05) is 18.3 Å². The number of nitrogens with zero attached hydrogens (tertiary/aromatic N) is 3. The number of fused-ring (bicyclic) bond motifs is 1. The van der Waals surface area contributed by atoms with Crippen LogP contribution >= 0.6 is 12.2 Å². The van der Waals surface area contributed by atoms with Gasteiger partial charge in [0.25, 0.3) is 5.56 Å². The van der Waals surface area contributed by atoms with Gasteiger partial charge in [0.15, 0.2) is 5.11 Å². The molecule has 2 aromatic heterocycles. The van der Waals surface area contributed by atoms with Crippen molar-refractivity contribution < 1.29 is 0 Å². The van der Waals surface area contributed by atoms with Gasteiger partial charge in [-0.1, -0.05) is 60.7 Å². The van der Waals surface area contributed by atoms with Crippen LogP contribution in [0.4, 0.5) is 0 Å². The first kappa shape index (κ1) is 17.8. The molecule has 0 unspecified atom stereocenters. The Morgan fingerprint density at radius 2 is 1.68 bits per heavy atom. The minimum absolute atomic E-state index is 0.306. The normalized spacial score (nSPS) is 10.6. The van der Waals surface area contributed by atoms with Gasteiger partial charge in [0.2, 0.25) is 0 Å². The first-order valence-corrected chi connectivity index (χ1v) is 9.15. The molecule has 0 spiro atoms. The topological polar surface area (TPSA) is 71.8 Å². The number of pyridine rings is 1. The van der Waals surface area contributed by atoms with Crippen molar-refractivity contribution in [1.29, 1.82) is 0 Å². The molecule has 0 atom stereocenters. The van der Waals surface area contributed by atoms with Crippen molar-refractivity contribution in [3.05, 3.63) is 94.9 Å². The van der Waals surface area contributed by atoms with E-state index in [1.54, 1.807) is 18.3 Å². The first-order valence-electron chi connectivity index (χ1n) is 8.74. The quantitative estimate of drug-likeness (QED) is 0.525. The van der Waals surface area contributed by atoms with E-state index < -0.39 is 0 Å². The Morgan fingerprint density at radius 3 is 2.43 bits per heavy atom. The van der Waals surface area contributed by atoms with Gasteiger partial charge in [-0.3, -0.25) is 15.2 Å². The average Bonchev–Trinajstić information content (AvgIpc) is 2.76. The lowest BCUT2D eigenvalue weighted by Gasteiger charge is -2.14. The molecular weight excluding hydrogens is 370 g/mol. The van der Waals surface area contributed by atoms with Gasteiger partial charge in [-0.05, 0) is 29.9 Å². The van der Waals surface area contributed by atoms with Crippen LogP contribution in [-0.2, 0) is 6.54 Å². The summed E-state index contributed by atoms with van der Waals surface area (Å²) in [6, 6.07) is 22.9. The third-order valence-corrected chi connectivity index (χ3v) is 4.44. The fraction of sp³-hybridized carbons (Fsp3) is 0.0476. The van der Waals surface area contributed by atoms with E-state index in [9.17, 15) is 4.79 Å². The summed E-state index contributed by atoms with van der Waals surface area (Å²) < 4.78 is 0. The zero-order chi connectivity index (χ0) is 19.3. The molecule has 0 amide bonds. The molecular formula is C21H17N5OS. The van der Waals surface area contributed by atoms with E-state index in [1.807, 2.05) is 60.7 Å². The summed E-state index contributed by atoms with van der Waals surface area (Å²) in [7, 11) is 0.